The molecule has 1 N–H and O–H groups in total. The molecule has 0 radical (unpaired) electrons. The molecule has 0 atom stereocenters. The third-order valence-electron chi connectivity index (χ3n) is 4.17. The van der Waals surface area contributed by atoms with E-state index in [4.69, 9.17) is 16.3 Å². The van der Waals surface area contributed by atoms with Crippen LogP contribution in [0.5, 0.6) is 5.75 Å². The predicted octanol–water partition coefficient (Wildman–Crippen LogP) is 5.27. The van der Waals surface area contributed by atoms with E-state index >= 15 is 0 Å². The van der Waals surface area contributed by atoms with Crippen LogP contribution in [0.1, 0.15) is 27.0 Å². The van der Waals surface area contributed by atoms with Crippen LogP contribution in [0.15, 0.2) is 77.9 Å². The number of ether oxygens (including phenoxy) is 1. The second kappa shape index (κ2) is 10.1. The third-order valence-corrected chi connectivity index (χ3v) is 4.41. The smallest absolute Gasteiger partial charge is 0.416 e. The zero-order valence-corrected chi connectivity index (χ0v) is 17.2. The first-order valence-corrected chi connectivity index (χ1v) is 9.64. The molecule has 0 aliphatic rings. The van der Waals surface area contributed by atoms with Gasteiger partial charge in [0.15, 0.2) is 0 Å². The zero-order chi connectivity index (χ0) is 23.1. The Bertz CT molecular complexity index is 1150. The highest BCUT2D eigenvalue weighted by molar-refractivity contribution is 6.30. The van der Waals surface area contributed by atoms with Gasteiger partial charge in [0.25, 0.3) is 0 Å². The van der Waals surface area contributed by atoms with Gasteiger partial charge in [-0.15, -0.1) is 0 Å². The number of halogens is 4. The lowest BCUT2D eigenvalue weighted by atomic mass is 10.1. The Hall–Kier alpha value is -3.65. The molecule has 0 aromatic heterocycles. The topological polar surface area (TPSA) is 67.8 Å². The van der Waals surface area contributed by atoms with Gasteiger partial charge >= 0.3 is 12.1 Å². The molecule has 0 saturated carbocycles. The maximum absolute atomic E-state index is 12.7. The lowest BCUT2D eigenvalue weighted by Gasteiger charge is -2.08. The third kappa shape index (κ3) is 6.68. The molecular formula is C23H16ClF3N2O3. The number of esters is 1. The summed E-state index contributed by atoms with van der Waals surface area (Å²) in [6.45, 7) is 0. The molecule has 164 valence electrons. The average Bonchev–Trinajstić information content (AvgIpc) is 2.74. The molecule has 0 bridgehead atoms. The van der Waals surface area contributed by atoms with Crippen molar-refractivity contribution in [3.05, 3.63) is 100 Å². The Morgan fingerprint density at radius 2 is 1.72 bits per heavy atom. The summed E-state index contributed by atoms with van der Waals surface area (Å²) >= 11 is 5.86. The second-order valence-electron chi connectivity index (χ2n) is 6.64. The van der Waals surface area contributed by atoms with Crippen molar-refractivity contribution < 1.29 is 27.5 Å². The number of nitrogens with one attached hydrogen (secondary N) is 1. The van der Waals surface area contributed by atoms with Gasteiger partial charge < -0.3 is 4.74 Å². The van der Waals surface area contributed by atoms with E-state index in [1.807, 2.05) is 0 Å². The summed E-state index contributed by atoms with van der Waals surface area (Å²) in [5.74, 6) is -0.816. The van der Waals surface area contributed by atoms with Gasteiger partial charge in [-0.3, -0.25) is 4.79 Å². The number of rotatable bonds is 6. The van der Waals surface area contributed by atoms with Gasteiger partial charge in [-0.1, -0.05) is 35.9 Å². The number of carbonyl (C=O) groups excluding carboxylic acids is 2. The van der Waals surface area contributed by atoms with Crippen molar-refractivity contribution in [1.29, 1.82) is 0 Å². The van der Waals surface area contributed by atoms with Gasteiger partial charge in [-0.2, -0.15) is 18.3 Å². The molecule has 1 amide bonds. The molecule has 3 rings (SSSR count). The summed E-state index contributed by atoms with van der Waals surface area (Å²) in [4.78, 5) is 24.0. The van der Waals surface area contributed by atoms with Crippen LogP contribution in [-0.2, 0) is 17.4 Å². The maximum Gasteiger partial charge on any atom is 0.416 e. The van der Waals surface area contributed by atoms with E-state index in [-0.39, 0.29) is 12.0 Å². The Morgan fingerprint density at radius 1 is 1.00 bits per heavy atom. The number of benzene rings is 3. The number of hydrogen-bond donors (Lipinski definition) is 1. The summed E-state index contributed by atoms with van der Waals surface area (Å²) in [5, 5.41) is 4.21. The molecule has 5 nitrogen and oxygen atoms in total. The highest BCUT2D eigenvalue weighted by atomic mass is 35.5. The van der Waals surface area contributed by atoms with E-state index in [9.17, 15) is 22.8 Å². The first kappa shape index (κ1) is 23.0. The lowest BCUT2D eigenvalue weighted by molar-refractivity contribution is -0.137. The van der Waals surface area contributed by atoms with Gasteiger partial charge in [0.2, 0.25) is 5.91 Å². The van der Waals surface area contributed by atoms with Crippen molar-refractivity contribution in [1.82, 2.24) is 5.43 Å². The highest BCUT2D eigenvalue weighted by Crippen LogP contribution is 2.29. The van der Waals surface area contributed by atoms with E-state index in [0.29, 0.717) is 21.9 Å². The summed E-state index contributed by atoms with van der Waals surface area (Å²) in [6.07, 6.45) is -3.37. The van der Waals surface area contributed by atoms with E-state index in [2.05, 4.69) is 10.5 Å². The van der Waals surface area contributed by atoms with Crippen LogP contribution in [-0.4, -0.2) is 18.1 Å². The largest absolute Gasteiger partial charge is 0.423 e. The minimum Gasteiger partial charge on any atom is -0.423 e. The van der Waals surface area contributed by atoms with Gasteiger partial charge in [0, 0.05) is 5.02 Å². The van der Waals surface area contributed by atoms with Crippen molar-refractivity contribution in [2.75, 3.05) is 0 Å². The summed E-state index contributed by atoms with van der Waals surface area (Å²) in [6, 6.07) is 17.2. The summed E-state index contributed by atoms with van der Waals surface area (Å²) in [7, 11) is 0. The summed E-state index contributed by atoms with van der Waals surface area (Å²) in [5.41, 5.74) is 2.58. The zero-order valence-electron chi connectivity index (χ0n) is 16.4. The van der Waals surface area contributed by atoms with Crippen molar-refractivity contribution in [3.63, 3.8) is 0 Å². The molecular weight excluding hydrogens is 445 g/mol. The molecule has 0 aliphatic heterocycles. The van der Waals surface area contributed by atoms with Crippen LogP contribution < -0.4 is 10.2 Å². The van der Waals surface area contributed by atoms with Crippen LogP contribution in [0.4, 0.5) is 13.2 Å². The molecule has 0 unspecified atom stereocenters. The number of hydrogen-bond acceptors (Lipinski definition) is 4. The fourth-order valence-electron chi connectivity index (χ4n) is 2.66. The molecule has 32 heavy (non-hydrogen) atoms. The maximum atomic E-state index is 12.7. The van der Waals surface area contributed by atoms with Gasteiger partial charge in [-0.05, 0) is 59.7 Å². The van der Waals surface area contributed by atoms with Crippen molar-refractivity contribution in [2.24, 2.45) is 5.10 Å². The molecule has 3 aromatic rings. The molecule has 9 heteroatoms. The van der Waals surface area contributed by atoms with Crippen molar-refractivity contribution in [2.45, 2.75) is 12.6 Å². The normalized spacial score (nSPS) is 11.4. The Kier molecular flexibility index (Phi) is 7.27. The van der Waals surface area contributed by atoms with Gasteiger partial charge in [0.1, 0.15) is 5.75 Å². The fourth-order valence-corrected chi connectivity index (χ4v) is 2.85. The number of alkyl halides is 3. The minimum absolute atomic E-state index is 0.221. The minimum atomic E-state index is -4.47. The highest BCUT2D eigenvalue weighted by Gasteiger charge is 2.30. The van der Waals surface area contributed by atoms with E-state index in [1.54, 1.807) is 42.5 Å². The van der Waals surface area contributed by atoms with Crippen LogP contribution in [0.2, 0.25) is 5.02 Å². The second-order valence-corrected chi connectivity index (χ2v) is 7.07. The molecule has 0 saturated heterocycles. The van der Waals surface area contributed by atoms with E-state index in [1.165, 1.54) is 24.4 Å². The SMILES string of the molecule is O=C(Cc1cccc(C(F)(F)F)c1)N/N=C\c1ccc(OC(=O)c2cccc(Cl)c2)cc1. The first-order valence-electron chi connectivity index (χ1n) is 9.26. The van der Waals surface area contributed by atoms with Gasteiger partial charge in [-0.25, -0.2) is 10.2 Å². The molecule has 3 aromatic carbocycles. The van der Waals surface area contributed by atoms with Crippen LogP contribution in [0, 0.1) is 0 Å². The van der Waals surface area contributed by atoms with E-state index in [0.717, 1.165) is 12.1 Å². The van der Waals surface area contributed by atoms with Crippen LogP contribution in [0.3, 0.4) is 0 Å². The quantitative estimate of drug-likeness (QED) is 0.236. The Morgan fingerprint density at radius 3 is 2.41 bits per heavy atom. The van der Waals surface area contributed by atoms with Crippen LogP contribution in [0.25, 0.3) is 0 Å². The van der Waals surface area contributed by atoms with Crippen LogP contribution >= 0.6 is 11.6 Å². The fraction of sp³-hybridized carbons (Fsp3) is 0.0870. The molecule has 0 heterocycles. The number of amides is 1. The molecule has 0 fully saturated rings. The molecule has 0 aliphatic carbocycles. The standard InChI is InChI=1S/C23H16ClF3N2O3/c24-19-6-2-4-17(13-19)22(31)32-20-9-7-15(8-10-20)14-28-29-21(30)12-16-3-1-5-18(11-16)23(25,26)27/h1-11,13-14H,12H2,(H,29,30)/b28-14-. The number of carbonyl (C=O) groups is 2. The monoisotopic (exact) mass is 460 g/mol. The van der Waals surface area contributed by atoms with Crippen molar-refractivity contribution >= 4 is 29.7 Å². The Labute approximate surface area is 186 Å². The number of hydrazone groups is 1. The molecule has 0 spiro atoms. The number of nitrogens with zero attached hydrogens (tertiary/aromatic N) is 1. The van der Waals surface area contributed by atoms with E-state index < -0.39 is 23.6 Å². The Balaban J connectivity index is 1.52. The van der Waals surface area contributed by atoms with Gasteiger partial charge in [0.05, 0.1) is 23.8 Å². The lowest BCUT2D eigenvalue weighted by Crippen LogP contribution is -2.20. The first-order chi connectivity index (χ1) is 15.2. The van der Waals surface area contributed by atoms with Crippen molar-refractivity contribution in [3.8, 4) is 5.75 Å². The predicted molar refractivity (Wildman–Crippen MR) is 114 cm³/mol. The average molecular weight is 461 g/mol. The summed E-state index contributed by atoms with van der Waals surface area (Å²) < 4.78 is 43.5.